The summed E-state index contributed by atoms with van der Waals surface area (Å²) in [6.45, 7) is 1.58. The third-order valence-corrected chi connectivity index (χ3v) is 2.83. The van der Waals surface area contributed by atoms with Gasteiger partial charge in [-0.05, 0) is 31.2 Å². The van der Waals surface area contributed by atoms with Crippen molar-refractivity contribution in [3.63, 3.8) is 0 Å². The number of nitrogens with two attached hydrogens (primary N) is 1. The Balaban J connectivity index is 2.65. The lowest BCUT2D eigenvalue weighted by molar-refractivity contribution is -0.274. The van der Waals surface area contributed by atoms with Crippen molar-refractivity contribution in [3.05, 3.63) is 45.9 Å². The van der Waals surface area contributed by atoms with Gasteiger partial charge in [0.1, 0.15) is 17.4 Å². The zero-order valence-electron chi connectivity index (χ0n) is 11.3. The molecular weight excluding hydrogens is 299 g/mol. The predicted molar refractivity (Wildman–Crippen MR) is 73.0 cm³/mol. The first-order chi connectivity index (χ1) is 10.2. The molecule has 1 heterocycles. The van der Waals surface area contributed by atoms with Crippen LogP contribution in [0.25, 0.3) is 11.1 Å². The third kappa shape index (κ3) is 3.20. The lowest BCUT2D eigenvalue weighted by Crippen LogP contribution is -2.17. The second-order valence-electron chi connectivity index (χ2n) is 4.48. The number of aryl methyl sites for hydroxylation is 1. The first-order valence-electron chi connectivity index (χ1n) is 6.01. The van der Waals surface area contributed by atoms with Crippen molar-refractivity contribution < 1.29 is 17.9 Å². The Morgan fingerprint density at radius 1 is 1.27 bits per heavy atom. The van der Waals surface area contributed by atoms with Crippen LogP contribution in [-0.2, 0) is 0 Å². The van der Waals surface area contributed by atoms with Gasteiger partial charge in [-0.3, -0.25) is 4.79 Å². The summed E-state index contributed by atoms with van der Waals surface area (Å²) in [6.07, 6.45) is -4.85. The summed E-state index contributed by atoms with van der Waals surface area (Å²) >= 11 is 0. The van der Waals surface area contributed by atoms with Gasteiger partial charge in [0.15, 0.2) is 0 Å². The first-order valence-corrected chi connectivity index (χ1v) is 6.01. The Hall–Kier alpha value is -2.95. The summed E-state index contributed by atoms with van der Waals surface area (Å²) in [5.41, 5.74) is 5.71. The summed E-state index contributed by atoms with van der Waals surface area (Å²) in [6, 6.07) is 6.49. The Morgan fingerprint density at radius 2 is 1.95 bits per heavy atom. The topological polar surface area (TPSA) is 91.9 Å². The van der Waals surface area contributed by atoms with Crippen molar-refractivity contribution in [2.75, 3.05) is 5.73 Å². The standard InChI is InChI=1S/C14H10F3N3O2/c1-7-4-9(11(6-18)13(21)20-7)10-5-8(2-3-12(10)19)22-14(15,16)17/h2-5H,19H2,1H3,(H,20,21). The maximum Gasteiger partial charge on any atom is 0.573 e. The van der Waals surface area contributed by atoms with Crippen LogP contribution in [0.1, 0.15) is 11.3 Å². The number of benzene rings is 1. The molecule has 1 aromatic heterocycles. The Kier molecular flexibility index (Phi) is 3.82. The van der Waals surface area contributed by atoms with E-state index in [4.69, 9.17) is 11.0 Å². The van der Waals surface area contributed by atoms with E-state index in [1.807, 2.05) is 0 Å². The number of nitrogens with zero attached hydrogens (tertiary/aromatic N) is 1. The zero-order chi connectivity index (χ0) is 16.5. The molecule has 2 aromatic rings. The van der Waals surface area contributed by atoms with E-state index in [0.717, 1.165) is 12.1 Å². The van der Waals surface area contributed by atoms with Gasteiger partial charge in [0.2, 0.25) is 0 Å². The fraction of sp³-hybridized carbons (Fsp3) is 0.143. The van der Waals surface area contributed by atoms with Crippen LogP contribution < -0.4 is 16.0 Å². The molecule has 0 spiro atoms. The molecule has 0 atom stereocenters. The summed E-state index contributed by atoms with van der Waals surface area (Å²) in [4.78, 5) is 14.2. The maximum atomic E-state index is 12.3. The van der Waals surface area contributed by atoms with E-state index in [1.165, 1.54) is 12.1 Å². The normalized spacial score (nSPS) is 11.0. The van der Waals surface area contributed by atoms with Gasteiger partial charge in [0.25, 0.3) is 5.56 Å². The van der Waals surface area contributed by atoms with Crippen molar-refractivity contribution in [2.45, 2.75) is 13.3 Å². The minimum absolute atomic E-state index is 0.118. The number of aromatic amines is 1. The van der Waals surface area contributed by atoms with E-state index in [2.05, 4.69) is 9.72 Å². The van der Waals surface area contributed by atoms with Crippen LogP contribution in [0.2, 0.25) is 0 Å². The molecule has 1 aromatic carbocycles. The molecular formula is C14H10F3N3O2. The number of ether oxygens (including phenoxy) is 1. The number of H-pyrrole nitrogens is 1. The molecule has 2 rings (SSSR count). The summed E-state index contributed by atoms with van der Waals surface area (Å²) in [7, 11) is 0. The third-order valence-electron chi connectivity index (χ3n) is 2.83. The summed E-state index contributed by atoms with van der Waals surface area (Å²) in [5.74, 6) is -0.487. The number of nitriles is 1. The SMILES string of the molecule is Cc1cc(-c2cc(OC(F)(F)F)ccc2N)c(C#N)c(=O)[nH]1. The molecule has 0 saturated heterocycles. The van der Waals surface area contributed by atoms with Crippen LogP contribution in [0.4, 0.5) is 18.9 Å². The largest absolute Gasteiger partial charge is 0.573 e. The van der Waals surface area contributed by atoms with Gasteiger partial charge in [0.05, 0.1) is 0 Å². The highest BCUT2D eigenvalue weighted by molar-refractivity contribution is 5.81. The fourth-order valence-electron chi connectivity index (χ4n) is 1.98. The number of nitrogens with one attached hydrogen (secondary N) is 1. The van der Waals surface area contributed by atoms with Gasteiger partial charge in [-0.25, -0.2) is 0 Å². The van der Waals surface area contributed by atoms with E-state index in [1.54, 1.807) is 13.0 Å². The molecule has 22 heavy (non-hydrogen) atoms. The van der Waals surface area contributed by atoms with Crippen LogP contribution in [-0.4, -0.2) is 11.3 Å². The highest BCUT2D eigenvalue weighted by Crippen LogP contribution is 2.33. The average Bonchev–Trinajstić information content (AvgIpc) is 2.38. The van der Waals surface area contributed by atoms with Gasteiger partial charge in [-0.1, -0.05) is 0 Å². The summed E-state index contributed by atoms with van der Waals surface area (Å²) in [5, 5.41) is 9.08. The van der Waals surface area contributed by atoms with Crippen LogP contribution in [0.15, 0.2) is 29.1 Å². The quantitative estimate of drug-likeness (QED) is 0.834. The van der Waals surface area contributed by atoms with Gasteiger partial charge >= 0.3 is 6.36 Å². The molecule has 8 heteroatoms. The van der Waals surface area contributed by atoms with Gasteiger partial charge < -0.3 is 15.5 Å². The molecule has 0 bridgehead atoms. The molecule has 0 aliphatic carbocycles. The molecule has 0 unspecified atom stereocenters. The number of alkyl halides is 3. The fourth-order valence-corrected chi connectivity index (χ4v) is 1.98. The second kappa shape index (κ2) is 5.44. The number of rotatable bonds is 2. The number of hydrogen-bond donors (Lipinski definition) is 2. The molecule has 0 aliphatic heterocycles. The van der Waals surface area contributed by atoms with E-state index in [0.29, 0.717) is 5.69 Å². The van der Waals surface area contributed by atoms with Crippen LogP contribution in [0.3, 0.4) is 0 Å². The number of aromatic nitrogens is 1. The maximum absolute atomic E-state index is 12.3. The van der Waals surface area contributed by atoms with Crippen LogP contribution in [0.5, 0.6) is 5.75 Å². The minimum atomic E-state index is -4.85. The lowest BCUT2D eigenvalue weighted by atomic mass is 9.99. The first kappa shape index (κ1) is 15.4. The lowest BCUT2D eigenvalue weighted by Gasteiger charge is -2.13. The van der Waals surface area contributed by atoms with Crippen molar-refractivity contribution in [3.8, 4) is 22.9 Å². The molecule has 114 valence electrons. The number of anilines is 1. The highest BCUT2D eigenvalue weighted by Gasteiger charge is 2.31. The van der Waals surface area contributed by atoms with Gasteiger partial charge in [-0.15, -0.1) is 13.2 Å². The number of halogens is 3. The van der Waals surface area contributed by atoms with E-state index in [-0.39, 0.29) is 22.4 Å². The number of pyridine rings is 1. The molecule has 0 aliphatic rings. The van der Waals surface area contributed by atoms with Gasteiger partial charge in [0, 0.05) is 22.5 Å². The Labute approximate surface area is 122 Å². The van der Waals surface area contributed by atoms with Gasteiger partial charge in [-0.2, -0.15) is 5.26 Å². The molecule has 0 fully saturated rings. The van der Waals surface area contributed by atoms with Crippen LogP contribution >= 0.6 is 0 Å². The van der Waals surface area contributed by atoms with E-state index < -0.39 is 17.7 Å². The Morgan fingerprint density at radius 3 is 2.55 bits per heavy atom. The van der Waals surface area contributed by atoms with E-state index in [9.17, 15) is 18.0 Å². The van der Waals surface area contributed by atoms with Crippen LogP contribution in [0, 0.1) is 18.3 Å². The zero-order valence-corrected chi connectivity index (χ0v) is 11.3. The molecule has 0 saturated carbocycles. The summed E-state index contributed by atoms with van der Waals surface area (Å²) < 4.78 is 40.7. The average molecular weight is 309 g/mol. The predicted octanol–water partition coefficient (Wildman–Crippen LogP) is 2.70. The van der Waals surface area contributed by atoms with Crippen molar-refractivity contribution in [1.82, 2.24) is 4.98 Å². The van der Waals surface area contributed by atoms with E-state index >= 15 is 0 Å². The molecule has 0 amide bonds. The minimum Gasteiger partial charge on any atom is -0.406 e. The smallest absolute Gasteiger partial charge is 0.406 e. The van der Waals surface area contributed by atoms with Crippen molar-refractivity contribution in [2.24, 2.45) is 0 Å². The van der Waals surface area contributed by atoms with Crippen molar-refractivity contribution >= 4 is 5.69 Å². The monoisotopic (exact) mass is 309 g/mol. The molecule has 5 nitrogen and oxygen atoms in total. The number of hydrogen-bond acceptors (Lipinski definition) is 4. The molecule has 0 radical (unpaired) electrons. The Bertz CT molecular complexity index is 820. The molecule has 3 N–H and O–H groups in total. The number of nitrogen functional groups attached to an aromatic ring is 1. The van der Waals surface area contributed by atoms with Crippen molar-refractivity contribution in [1.29, 1.82) is 5.26 Å². The highest BCUT2D eigenvalue weighted by atomic mass is 19.4. The second-order valence-corrected chi connectivity index (χ2v) is 4.48.